The van der Waals surface area contributed by atoms with Gasteiger partial charge in [-0.1, -0.05) is 32.9 Å². The van der Waals surface area contributed by atoms with Gasteiger partial charge in [-0.15, -0.1) is 22.0 Å². The fraction of sp³-hybridized carbons (Fsp3) is 0.429. The van der Waals surface area contributed by atoms with Crippen LogP contribution in [0, 0.1) is 6.92 Å². The Morgan fingerprint density at radius 2 is 2.00 bits per heavy atom. The lowest BCUT2D eigenvalue weighted by Gasteiger charge is -2.11. The van der Waals surface area contributed by atoms with E-state index in [1.807, 2.05) is 25.1 Å². The molecule has 2 N–H and O–H groups in total. The van der Waals surface area contributed by atoms with Crippen LogP contribution in [-0.2, 0) is 11.2 Å². The second-order valence-corrected chi connectivity index (χ2v) is 6.54. The first-order valence-corrected chi connectivity index (χ1v) is 7.17. The Morgan fingerprint density at radius 3 is 2.63 bits per heavy atom. The number of nitrogen functional groups attached to an aromatic ring is 1. The van der Waals surface area contributed by atoms with E-state index in [1.54, 1.807) is 11.8 Å². The lowest BCUT2D eigenvalue weighted by molar-refractivity contribution is 0.378. The van der Waals surface area contributed by atoms with Crippen molar-refractivity contribution in [3.8, 4) is 0 Å². The molecule has 0 saturated heterocycles. The van der Waals surface area contributed by atoms with E-state index in [4.69, 9.17) is 10.2 Å². The molecule has 1 aromatic carbocycles. The molecule has 0 unspecified atom stereocenters. The third kappa shape index (κ3) is 3.29. The van der Waals surface area contributed by atoms with Crippen molar-refractivity contribution >= 4 is 17.4 Å². The van der Waals surface area contributed by atoms with Gasteiger partial charge in [0.25, 0.3) is 0 Å². The van der Waals surface area contributed by atoms with E-state index in [0.717, 1.165) is 16.1 Å². The van der Waals surface area contributed by atoms with Gasteiger partial charge < -0.3 is 10.2 Å². The SMILES string of the molecule is Cc1cccc(SCc2nnc(C(C)(C)C)o2)c1N. The van der Waals surface area contributed by atoms with Gasteiger partial charge >= 0.3 is 0 Å². The van der Waals surface area contributed by atoms with E-state index in [1.165, 1.54) is 0 Å². The van der Waals surface area contributed by atoms with Crippen LogP contribution >= 0.6 is 11.8 Å². The van der Waals surface area contributed by atoms with Gasteiger partial charge in [-0.2, -0.15) is 0 Å². The molecule has 0 saturated carbocycles. The molecule has 0 atom stereocenters. The Bertz CT molecular complexity index is 572. The number of nitrogens with zero attached hydrogens (tertiary/aromatic N) is 2. The minimum Gasteiger partial charge on any atom is -0.424 e. The first-order valence-electron chi connectivity index (χ1n) is 6.18. The van der Waals surface area contributed by atoms with Crippen molar-refractivity contribution in [2.45, 2.75) is 43.8 Å². The second kappa shape index (κ2) is 5.25. The highest BCUT2D eigenvalue weighted by atomic mass is 32.2. The van der Waals surface area contributed by atoms with Gasteiger partial charge in [0.15, 0.2) is 0 Å². The summed E-state index contributed by atoms with van der Waals surface area (Å²) >= 11 is 1.62. The number of para-hydroxylation sites is 1. The minimum absolute atomic E-state index is 0.113. The predicted octanol–water partition coefficient (Wildman–Crippen LogP) is 3.55. The average Bonchev–Trinajstić information content (AvgIpc) is 2.79. The number of benzene rings is 1. The maximum atomic E-state index is 6.03. The summed E-state index contributed by atoms with van der Waals surface area (Å²) in [7, 11) is 0. The fourth-order valence-corrected chi connectivity index (χ4v) is 2.42. The highest BCUT2D eigenvalue weighted by molar-refractivity contribution is 7.98. The molecular formula is C14H19N3OS. The lowest BCUT2D eigenvalue weighted by Crippen LogP contribution is -2.11. The molecule has 19 heavy (non-hydrogen) atoms. The zero-order valence-electron chi connectivity index (χ0n) is 11.7. The van der Waals surface area contributed by atoms with Gasteiger partial charge in [-0.05, 0) is 18.6 Å². The summed E-state index contributed by atoms with van der Waals surface area (Å²) in [6.45, 7) is 8.16. The van der Waals surface area contributed by atoms with Crippen LogP contribution in [-0.4, -0.2) is 10.2 Å². The van der Waals surface area contributed by atoms with Gasteiger partial charge in [0.05, 0.1) is 5.75 Å². The third-order valence-electron chi connectivity index (χ3n) is 2.74. The highest BCUT2D eigenvalue weighted by Crippen LogP contribution is 2.30. The van der Waals surface area contributed by atoms with Crippen LogP contribution in [0.4, 0.5) is 5.69 Å². The van der Waals surface area contributed by atoms with E-state index in [9.17, 15) is 0 Å². The number of nitrogens with two attached hydrogens (primary N) is 1. The molecule has 2 aromatic rings. The molecule has 0 spiro atoms. The molecule has 4 nitrogen and oxygen atoms in total. The number of hydrogen-bond donors (Lipinski definition) is 1. The van der Waals surface area contributed by atoms with Crippen LogP contribution in [0.3, 0.4) is 0 Å². The minimum atomic E-state index is -0.113. The third-order valence-corrected chi connectivity index (χ3v) is 3.80. The number of aryl methyl sites for hydroxylation is 1. The Labute approximate surface area is 117 Å². The van der Waals surface area contributed by atoms with E-state index < -0.39 is 0 Å². The molecule has 0 aliphatic carbocycles. The fourth-order valence-electron chi connectivity index (χ4n) is 1.53. The molecule has 1 aromatic heterocycles. The van der Waals surface area contributed by atoms with Crippen molar-refractivity contribution in [2.24, 2.45) is 0 Å². The van der Waals surface area contributed by atoms with Crippen LogP contribution in [0.1, 0.15) is 38.1 Å². The van der Waals surface area contributed by atoms with Gasteiger partial charge in [0.1, 0.15) is 0 Å². The quantitative estimate of drug-likeness (QED) is 0.686. The highest BCUT2D eigenvalue weighted by Gasteiger charge is 2.21. The number of thioether (sulfide) groups is 1. The van der Waals surface area contributed by atoms with Crippen LogP contribution in [0.5, 0.6) is 0 Å². The van der Waals surface area contributed by atoms with Crippen LogP contribution in [0.25, 0.3) is 0 Å². The van der Waals surface area contributed by atoms with E-state index >= 15 is 0 Å². The van der Waals surface area contributed by atoms with Crippen LogP contribution in [0.15, 0.2) is 27.5 Å². The number of anilines is 1. The standard InChI is InChI=1S/C14H19N3OS/c1-9-6-5-7-10(12(9)15)19-8-11-16-17-13(18-11)14(2,3)4/h5-7H,8,15H2,1-4H3. The first-order chi connectivity index (χ1) is 8.88. The predicted molar refractivity (Wildman–Crippen MR) is 78.2 cm³/mol. The molecule has 102 valence electrons. The number of rotatable bonds is 3. The van der Waals surface area contributed by atoms with Gasteiger partial charge in [-0.25, -0.2) is 0 Å². The summed E-state index contributed by atoms with van der Waals surface area (Å²) in [6, 6.07) is 6.01. The molecule has 0 amide bonds. The molecular weight excluding hydrogens is 258 g/mol. The Hall–Kier alpha value is -1.49. The van der Waals surface area contributed by atoms with E-state index in [-0.39, 0.29) is 5.41 Å². The average molecular weight is 277 g/mol. The largest absolute Gasteiger partial charge is 0.424 e. The summed E-state index contributed by atoms with van der Waals surface area (Å²) in [5.74, 6) is 1.94. The van der Waals surface area contributed by atoms with Gasteiger partial charge in [0, 0.05) is 16.0 Å². The topological polar surface area (TPSA) is 64.9 Å². The van der Waals surface area contributed by atoms with Gasteiger partial charge in [0.2, 0.25) is 11.8 Å². The van der Waals surface area contributed by atoms with Gasteiger partial charge in [-0.3, -0.25) is 0 Å². The summed E-state index contributed by atoms with van der Waals surface area (Å²) in [6.07, 6.45) is 0. The lowest BCUT2D eigenvalue weighted by atomic mass is 9.97. The second-order valence-electron chi connectivity index (χ2n) is 5.53. The van der Waals surface area contributed by atoms with E-state index in [0.29, 0.717) is 17.5 Å². The van der Waals surface area contributed by atoms with Crippen molar-refractivity contribution in [1.82, 2.24) is 10.2 Å². The molecule has 5 heteroatoms. The van der Waals surface area contributed by atoms with E-state index in [2.05, 4.69) is 31.0 Å². The molecule has 0 aliphatic rings. The Morgan fingerprint density at radius 1 is 1.26 bits per heavy atom. The maximum absolute atomic E-state index is 6.03. The number of hydrogen-bond acceptors (Lipinski definition) is 5. The van der Waals surface area contributed by atoms with Crippen LogP contribution in [0.2, 0.25) is 0 Å². The van der Waals surface area contributed by atoms with Crippen molar-refractivity contribution in [1.29, 1.82) is 0 Å². The summed E-state index contributed by atoms with van der Waals surface area (Å²) in [5.41, 5.74) is 7.83. The number of aromatic nitrogens is 2. The molecule has 2 rings (SSSR count). The first kappa shape index (κ1) is 13.9. The van der Waals surface area contributed by atoms with Crippen LogP contribution < -0.4 is 5.73 Å². The molecule has 0 radical (unpaired) electrons. The summed E-state index contributed by atoms with van der Waals surface area (Å²) in [4.78, 5) is 1.05. The monoisotopic (exact) mass is 277 g/mol. The zero-order valence-corrected chi connectivity index (χ0v) is 12.5. The van der Waals surface area contributed by atoms with Crippen molar-refractivity contribution in [3.63, 3.8) is 0 Å². The maximum Gasteiger partial charge on any atom is 0.226 e. The van der Waals surface area contributed by atoms with Crippen molar-refractivity contribution in [2.75, 3.05) is 5.73 Å². The molecule has 0 aliphatic heterocycles. The Kier molecular flexibility index (Phi) is 3.85. The molecule has 0 bridgehead atoms. The Balaban J connectivity index is 2.07. The molecule has 0 fully saturated rings. The molecule has 1 heterocycles. The van der Waals surface area contributed by atoms with Crippen molar-refractivity contribution in [3.05, 3.63) is 35.5 Å². The smallest absolute Gasteiger partial charge is 0.226 e. The van der Waals surface area contributed by atoms with Crippen molar-refractivity contribution < 1.29 is 4.42 Å². The normalized spacial score (nSPS) is 11.8. The summed E-state index contributed by atoms with van der Waals surface area (Å²) < 4.78 is 5.66. The zero-order chi connectivity index (χ0) is 14.0. The summed E-state index contributed by atoms with van der Waals surface area (Å²) in [5, 5.41) is 8.15.